The minimum Gasteiger partial charge on any atom is -0.348 e. The van der Waals surface area contributed by atoms with Crippen LogP contribution < -0.4 is 10.9 Å². The number of carbonyl (C=O) groups is 1. The Morgan fingerprint density at radius 3 is 2.59 bits per heavy atom. The molecule has 5 nitrogen and oxygen atoms in total. The molecule has 4 rings (SSSR count). The molecule has 0 aliphatic rings. The van der Waals surface area contributed by atoms with Crippen LogP contribution in [0.3, 0.4) is 0 Å². The molecule has 0 bridgehead atoms. The monoisotopic (exact) mass is 355 g/mol. The van der Waals surface area contributed by atoms with Gasteiger partial charge in [-0.1, -0.05) is 48.5 Å². The van der Waals surface area contributed by atoms with E-state index in [4.69, 9.17) is 0 Å². The van der Waals surface area contributed by atoms with Gasteiger partial charge in [0.25, 0.3) is 11.5 Å². The van der Waals surface area contributed by atoms with Crippen molar-refractivity contribution in [1.29, 1.82) is 0 Å². The molecule has 0 atom stereocenters. The van der Waals surface area contributed by atoms with E-state index in [0.717, 1.165) is 16.5 Å². The van der Waals surface area contributed by atoms with Crippen molar-refractivity contribution < 1.29 is 4.79 Å². The number of hydrogen-bond donors (Lipinski definition) is 2. The molecule has 1 amide bonds. The third-order valence-electron chi connectivity index (χ3n) is 4.36. The maximum absolute atomic E-state index is 12.5. The van der Waals surface area contributed by atoms with Crippen molar-refractivity contribution in [3.63, 3.8) is 0 Å². The Labute approximate surface area is 155 Å². The van der Waals surface area contributed by atoms with Crippen LogP contribution in [0, 0.1) is 0 Å². The predicted molar refractivity (Wildman–Crippen MR) is 105 cm³/mol. The maximum atomic E-state index is 12.5. The molecule has 0 unspecified atom stereocenters. The molecule has 2 N–H and O–H groups in total. The van der Waals surface area contributed by atoms with Crippen LogP contribution in [-0.4, -0.2) is 15.9 Å². The molecule has 2 aromatic carbocycles. The van der Waals surface area contributed by atoms with Crippen molar-refractivity contribution in [1.82, 2.24) is 15.3 Å². The first kappa shape index (κ1) is 16.7. The summed E-state index contributed by atoms with van der Waals surface area (Å²) in [6.45, 7) is 0.431. The molecule has 0 spiro atoms. The van der Waals surface area contributed by atoms with Gasteiger partial charge in [-0.05, 0) is 29.1 Å². The minimum atomic E-state index is -0.231. The van der Waals surface area contributed by atoms with E-state index < -0.39 is 0 Å². The topological polar surface area (TPSA) is 74.8 Å². The van der Waals surface area contributed by atoms with E-state index in [0.29, 0.717) is 23.2 Å². The van der Waals surface area contributed by atoms with Crippen LogP contribution in [0.1, 0.15) is 15.9 Å². The van der Waals surface area contributed by atoms with Crippen LogP contribution in [-0.2, 0) is 6.54 Å². The summed E-state index contributed by atoms with van der Waals surface area (Å²) in [6.07, 6.45) is 3.09. The smallest absolute Gasteiger partial charge is 0.256 e. The Hall–Kier alpha value is -3.73. The van der Waals surface area contributed by atoms with Gasteiger partial charge in [0.2, 0.25) is 0 Å². The Kier molecular flexibility index (Phi) is 4.49. The number of H-pyrrole nitrogens is 1. The summed E-state index contributed by atoms with van der Waals surface area (Å²) >= 11 is 0. The number of rotatable bonds is 4. The highest BCUT2D eigenvalue weighted by Gasteiger charge is 2.11. The summed E-state index contributed by atoms with van der Waals surface area (Å²) < 4.78 is 0. The van der Waals surface area contributed by atoms with Gasteiger partial charge in [-0.3, -0.25) is 14.6 Å². The first-order chi connectivity index (χ1) is 13.2. The van der Waals surface area contributed by atoms with Crippen LogP contribution in [0.15, 0.2) is 83.9 Å². The van der Waals surface area contributed by atoms with Crippen molar-refractivity contribution in [3.8, 4) is 11.1 Å². The van der Waals surface area contributed by atoms with E-state index in [2.05, 4.69) is 15.3 Å². The number of amides is 1. The lowest BCUT2D eigenvalue weighted by Gasteiger charge is -2.07. The Morgan fingerprint density at radius 2 is 1.74 bits per heavy atom. The van der Waals surface area contributed by atoms with Gasteiger partial charge in [0.05, 0.1) is 5.56 Å². The number of hydrogen-bond acceptors (Lipinski definition) is 3. The van der Waals surface area contributed by atoms with E-state index in [9.17, 15) is 9.59 Å². The highest BCUT2D eigenvalue weighted by atomic mass is 16.1. The van der Waals surface area contributed by atoms with Crippen LogP contribution in [0.25, 0.3) is 22.0 Å². The van der Waals surface area contributed by atoms with Gasteiger partial charge in [-0.15, -0.1) is 0 Å². The van der Waals surface area contributed by atoms with E-state index in [1.165, 1.54) is 6.20 Å². The van der Waals surface area contributed by atoms with E-state index >= 15 is 0 Å². The summed E-state index contributed by atoms with van der Waals surface area (Å²) in [5, 5.41) is 3.80. The SMILES string of the molecule is O=C(NCc1ccccc1)c1cncc(-c2cc3ccccc3[nH]c2=O)c1. The largest absolute Gasteiger partial charge is 0.348 e. The third-order valence-corrected chi connectivity index (χ3v) is 4.36. The normalized spacial score (nSPS) is 10.7. The zero-order valence-corrected chi connectivity index (χ0v) is 14.5. The molecule has 4 aromatic rings. The van der Waals surface area contributed by atoms with Gasteiger partial charge in [-0.2, -0.15) is 0 Å². The molecular weight excluding hydrogens is 338 g/mol. The van der Waals surface area contributed by atoms with E-state index in [1.807, 2.05) is 60.7 Å². The number of fused-ring (bicyclic) bond motifs is 1. The van der Waals surface area contributed by atoms with Gasteiger partial charge < -0.3 is 10.3 Å². The molecule has 5 heteroatoms. The van der Waals surface area contributed by atoms with Gasteiger partial charge in [-0.25, -0.2) is 0 Å². The highest BCUT2D eigenvalue weighted by Crippen LogP contribution is 2.19. The average Bonchev–Trinajstić information content (AvgIpc) is 2.72. The van der Waals surface area contributed by atoms with Crippen molar-refractivity contribution in [2.45, 2.75) is 6.54 Å². The second-order valence-electron chi connectivity index (χ2n) is 6.23. The molecule has 2 heterocycles. The molecule has 0 saturated heterocycles. The lowest BCUT2D eigenvalue weighted by Crippen LogP contribution is -2.23. The Balaban J connectivity index is 1.62. The molecule has 0 fully saturated rings. The van der Waals surface area contributed by atoms with Crippen LogP contribution >= 0.6 is 0 Å². The molecule has 27 heavy (non-hydrogen) atoms. The minimum absolute atomic E-state index is 0.211. The summed E-state index contributed by atoms with van der Waals surface area (Å²) in [5.41, 5.74) is 3.08. The Morgan fingerprint density at radius 1 is 0.963 bits per heavy atom. The number of aromatic amines is 1. The second kappa shape index (κ2) is 7.25. The quantitative estimate of drug-likeness (QED) is 0.588. The van der Waals surface area contributed by atoms with Crippen molar-refractivity contribution >= 4 is 16.8 Å². The number of pyridine rings is 2. The second-order valence-corrected chi connectivity index (χ2v) is 6.23. The molecule has 0 saturated carbocycles. The molecule has 0 radical (unpaired) electrons. The molecule has 0 aliphatic heterocycles. The molecule has 0 aliphatic carbocycles. The first-order valence-electron chi connectivity index (χ1n) is 8.60. The fourth-order valence-electron chi connectivity index (χ4n) is 2.95. The number of nitrogens with one attached hydrogen (secondary N) is 2. The van der Waals surface area contributed by atoms with E-state index in [-0.39, 0.29) is 11.5 Å². The predicted octanol–water partition coefficient (Wildman–Crippen LogP) is 3.52. The molecule has 132 valence electrons. The van der Waals surface area contributed by atoms with Crippen molar-refractivity contribution in [2.24, 2.45) is 0 Å². The maximum Gasteiger partial charge on any atom is 0.256 e. The fraction of sp³-hybridized carbons (Fsp3) is 0.0455. The lowest BCUT2D eigenvalue weighted by atomic mass is 10.0. The number of benzene rings is 2. The van der Waals surface area contributed by atoms with Crippen LogP contribution in [0.4, 0.5) is 0 Å². The van der Waals surface area contributed by atoms with E-state index in [1.54, 1.807) is 12.3 Å². The summed E-state index contributed by atoms with van der Waals surface area (Å²) in [6, 6.07) is 20.7. The number of nitrogens with zero attached hydrogens (tertiary/aromatic N) is 1. The average molecular weight is 355 g/mol. The van der Waals surface area contributed by atoms with Crippen LogP contribution in [0.2, 0.25) is 0 Å². The zero-order valence-electron chi connectivity index (χ0n) is 14.5. The van der Waals surface area contributed by atoms with Crippen molar-refractivity contribution in [3.05, 3.63) is 101 Å². The summed E-state index contributed by atoms with van der Waals surface area (Å²) in [5.74, 6) is -0.231. The van der Waals surface area contributed by atoms with Crippen molar-refractivity contribution in [2.75, 3.05) is 0 Å². The number of aromatic nitrogens is 2. The molecule has 2 aromatic heterocycles. The Bertz CT molecular complexity index is 1170. The number of para-hydroxylation sites is 1. The first-order valence-corrected chi connectivity index (χ1v) is 8.60. The summed E-state index contributed by atoms with van der Waals surface area (Å²) in [4.78, 5) is 31.9. The van der Waals surface area contributed by atoms with Gasteiger partial charge in [0, 0.05) is 35.6 Å². The van der Waals surface area contributed by atoms with Gasteiger partial charge in [0.15, 0.2) is 0 Å². The summed E-state index contributed by atoms with van der Waals surface area (Å²) in [7, 11) is 0. The number of carbonyl (C=O) groups excluding carboxylic acids is 1. The molecular formula is C22H17N3O2. The third kappa shape index (κ3) is 3.62. The van der Waals surface area contributed by atoms with Gasteiger partial charge >= 0.3 is 0 Å². The van der Waals surface area contributed by atoms with Gasteiger partial charge in [0.1, 0.15) is 0 Å². The zero-order chi connectivity index (χ0) is 18.6. The lowest BCUT2D eigenvalue weighted by molar-refractivity contribution is 0.0950. The van der Waals surface area contributed by atoms with Crippen LogP contribution in [0.5, 0.6) is 0 Å². The fourth-order valence-corrected chi connectivity index (χ4v) is 2.95. The highest BCUT2D eigenvalue weighted by molar-refractivity contribution is 5.95. The standard InChI is InChI=1S/C22H17N3O2/c26-21(24-12-15-6-2-1-3-7-15)18-10-17(13-23-14-18)19-11-16-8-4-5-9-20(16)25-22(19)27/h1-11,13-14H,12H2,(H,24,26)(H,25,27).